The van der Waals surface area contributed by atoms with Crippen LogP contribution in [-0.4, -0.2) is 29.2 Å². The van der Waals surface area contributed by atoms with Gasteiger partial charge in [0.05, 0.1) is 6.54 Å². The zero-order valence-corrected chi connectivity index (χ0v) is 12.8. The predicted molar refractivity (Wildman–Crippen MR) is 86.3 cm³/mol. The van der Waals surface area contributed by atoms with Crippen LogP contribution in [-0.2, 0) is 22.4 Å². The van der Waals surface area contributed by atoms with E-state index in [0.717, 1.165) is 29.8 Å². The van der Waals surface area contributed by atoms with Crippen LogP contribution in [0.15, 0.2) is 41.3 Å². The number of anilines is 1. The summed E-state index contributed by atoms with van der Waals surface area (Å²) < 4.78 is 6.96. The molecule has 3 heterocycles. The fraction of sp³-hybridized carbons (Fsp3) is 0.235. The zero-order chi connectivity index (χ0) is 16.8. The molecule has 1 aromatic heterocycles. The Bertz CT molecular complexity index is 918. The number of pyridine rings is 1. The van der Waals surface area contributed by atoms with Gasteiger partial charge >= 0.3 is 6.09 Å². The van der Waals surface area contributed by atoms with Crippen LogP contribution >= 0.6 is 0 Å². The number of carbonyl (C=O) groups is 2. The molecule has 1 atom stereocenters. The van der Waals surface area contributed by atoms with Crippen LogP contribution in [0.4, 0.5) is 10.5 Å². The van der Waals surface area contributed by atoms with Gasteiger partial charge in [0.25, 0.3) is 5.91 Å². The third-order valence-electron chi connectivity index (χ3n) is 4.42. The number of nitrogens with zero attached hydrogens (tertiary/aromatic N) is 2. The van der Waals surface area contributed by atoms with Crippen molar-refractivity contribution < 1.29 is 14.3 Å². The van der Waals surface area contributed by atoms with Gasteiger partial charge in [-0.15, -0.1) is 0 Å². The minimum Gasteiger partial charge on any atom is -0.434 e. The number of carbonyl (C=O) groups excluding carboxylic acids is 2. The molecule has 122 valence electrons. The number of rotatable bonds is 2. The van der Waals surface area contributed by atoms with Gasteiger partial charge in [0.15, 0.2) is 11.5 Å². The van der Waals surface area contributed by atoms with Crippen molar-refractivity contribution in [2.75, 3.05) is 11.4 Å². The number of nitrogens with two attached hydrogens (primary N) is 1. The van der Waals surface area contributed by atoms with Crippen molar-refractivity contribution in [3.8, 4) is 5.69 Å². The Labute approximate surface area is 137 Å². The van der Waals surface area contributed by atoms with Crippen molar-refractivity contribution in [1.82, 2.24) is 4.57 Å². The van der Waals surface area contributed by atoms with Gasteiger partial charge in [0, 0.05) is 35.4 Å². The normalized spacial score (nSPS) is 18.8. The Kier molecular flexibility index (Phi) is 3.16. The van der Waals surface area contributed by atoms with Gasteiger partial charge in [-0.3, -0.25) is 14.5 Å². The first kappa shape index (κ1) is 14.5. The molecule has 7 heteroatoms. The second-order valence-electron chi connectivity index (χ2n) is 5.92. The number of ether oxygens (including phenoxy) is 1. The summed E-state index contributed by atoms with van der Waals surface area (Å²) in [5, 5.41) is 0. The molecule has 1 aromatic carbocycles. The van der Waals surface area contributed by atoms with Crippen molar-refractivity contribution in [3.63, 3.8) is 0 Å². The van der Waals surface area contributed by atoms with E-state index in [9.17, 15) is 14.4 Å². The summed E-state index contributed by atoms with van der Waals surface area (Å²) in [6.45, 7) is 0.121. The molecule has 2 amide bonds. The van der Waals surface area contributed by atoms with E-state index in [0.29, 0.717) is 5.69 Å². The predicted octanol–water partition coefficient (Wildman–Crippen LogP) is 0.747. The van der Waals surface area contributed by atoms with Gasteiger partial charge < -0.3 is 15.0 Å². The minimum atomic E-state index is -0.917. The minimum absolute atomic E-state index is 0.00127. The van der Waals surface area contributed by atoms with Gasteiger partial charge in [-0.25, -0.2) is 4.79 Å². The molecule has 0 unspecified atom stereocenters. The van der Waals surface area contributed by atoms with Crippen LogP contribution in [0.5, 0.6) is 0 Å². The Morgan fingerprint density at radius 3 is 2.75 bits per heavy atom. The molecule has 7 nitrogen and oxygen atoms in total. The summed E-state index contributed by atoms with van der Waals surface area (Å²) in [5.41, 5.74) is 8.90. The number of aryl methyl sites for hydroxylation is 2. The van der Waals surface area contributed by atoms with E-state index in [-0.39, 0.29) is 12.0 Å². The second kappa shape index (κ2) is 5.23. The molecule has 0 spiro atoms. The summed E-state index contributed by atoms with van der Waals surface area (Å²) in [6, 6.07) is 8.80. The maximum Gasteiger partial charge on any atom is 0.415 e. The first-order valence-corrected chi connectivity index (χ1v) is 7.65. The van der Waals surface area contributed by atoms with Crippen LogP contribution in [0.2, 0.25) is 0 Å². The van der Waals surface area contributed by atoms with Gasteiger partial charge in [-0.05, 0) is 36.6 Å². The monoisotopic (exact) mass is 325 g/mol. The maximum absolute atomic E-state index is 11.9. The van der Waals surface area contributed by atoms with Gasteiger partial charge in [0.1, 0.15) is 0 Å². The Morgan fingerprint density at radius 1 is 1.17 bits per heavy atom. The summed E-state index contributed by atoms with van der Waals surface area (Å²) in [4.78, 5) is 36.1. The zero-order valence-electron chi connectivity index (χ0n) is 12.8. The van der Waals surface area contributed by atoms with Gasteiger partial charge in [0.2, 0.25) is 0 Å². The van der Waals surface area contributed by atoms with Crippen molar-refractivity contribution in [1.29, 1.82) is 0 Å². The van der Waals surface area contributed by atoms with E-state index in [1.165, 1.54) is 11.0 Å². The van der Waals surface area contributed by atoms with Crippen molar-refractivity contribution in [3.05, 3.63) is 58.0 Å². The number of hydrogen-bond donors (Lipinski definition) is 1. The fourth-order valence-corrected chi connectivity index (χ4v) is 3.21. The van der Waals surface area contributed by atoms with E-state index in [1.807, 2.05) is 16.7 Å². The smallest absolute Gasteiger partial charge is 0.415 e. The molecule has 0 saturated carbocycles. The third kappa shape index (κ3) is 2.25. The molecule has 2 aliphatic rings. The fourth-order valence-electron chi connectivity index (χ4n) is 3.21. The van der Waals surface area contributed by atoms with Crippen LogP contribution in [0.3, 0.4) is 0 Å². The summed E-state index contributed by atoms with van der Waals surface area (Å²) in [6.07, 6.45) is 1.80. The molecule has 24 heavy (non-hydrogen) atoms. The van der Waals surface area contributed by atoms with E-state index >= 15 is 0 Å². The number of cyclic esters (lactones) is 1. The molecule has 2 aromatic rings. The lowest BCUT2D eigenvalue weighted by atomic mass is 9.99. The van der Waals surface area contributed by atoms with Gasteiger partial charge in [-0.2, -0.15) is 0 Å². The molecule has 2 N–H and O–H groups in total. The Balaban J connectivity index is 1.70. The van der Waals surface area contributed by atoms with E-state index < -0.39 is 18.1 Å². The largest absolute Gasteiger partial charge is 0.434 e. The molecule has 0 bridgehead atoms. The van der Waals surface area contributed by atoms with E-state index in [2.05, 4.69) is 0 Å². The first-order chi connectivity index (χ1) is 11.5. The number of amides is 2. The van der Waals surface area contributed by atoms with Crippen LogP contribution < -0.4 is 16.1 Å². The van der Waals surface area contributed by atoms with E-state index in [4.69, 9.17) is 10.5 Å². The molecule has 2 aliphatic heterocycles. The molecule has 0 radical (unpaired) electrons. The topological polar surface area (TPSA) is 94.6 Å². The standard InChI is InChI=1S/C17H15N3O4/c18-16(22)15-9-20(17(23)24-15)11-3-4-14-10(7-11)1-2-12-8-13(21)5-6-19(12)14/h3-8,15H,1-2,9H2,(H2,18,22)/t15-/m1/s1. The molecular formula is C17H15N3O4. The lowest BCUT2D eigenvalue weighted by molar-refractivity contribution is -0.124. The van der Waals surface area contributed by atoms with Crippen molar-refractivity contribution in [2.45, 2.75) is 18.9 Å². The number of primary amides is 1. The SMILES string of the molecule is NC(=O)[C@H]1CN(c2ccc3c(c2)CCc2cc(=O)ccn2-3)C(=O)O1. The quantitative estimate of drug-likeness (QED) is 0.881. The first-order valence-electron chi connectivity index (χ1n) is 7.65. The van der Waals surface area contributed by atoms with Crippen LogP contribution in [0, 0.1) is 0 Å². The summed E-state index contributed by atoms with van der Waals surface area (Å²) in [5.74, 6) is -0.651. The van der Waals surface area contributed by atoms with Crippen LogP contribution in [0.25, 0.3) is 5.69 Å². The van der Waals surface area contributed by atoms with Crippen molar-refractivity contribution in [2.24, 2.45) is 5.73 Å². The highest BCUT2D eigenvalue weighted by molar-refractivity contribution is 5.95. The average molecular weight is 325 g/mol. The molecule has 1 fully saturated rings. The highest BCUT2D eigenvalue weighted by Gasteiger charge is 2.36. The lowest BCUT2D eigenvalue weighted by Crippen LogP contribution is -2.32. The average Bonchev–Trinajstić information content (AvgIpc) is 2.96. The van der Waals surface area contributed by atoms with Crippen molar-refractivity contribution >= 4 is 17.7 Å². The molecular weight excluding hydrogens is 310 g/mol. The molecule has 4 rings (SSSR count). The summed E-state index contributed by atoms with van der Waals surface area (Å²) in [7, 11) is 0. The summed E-state index contributed by atoms with van der Waals surface area (Å²) >= 11 is 0. The second-order valence-corrected chi connectivity index (χ2v) is 5.92. The highest BCUT2D eigenvalue weighted by Crippen LogP contribution is 2.30. The van der Waals surface area contributed by atoms with E-state index in [1.54, 1.807) is 18.3 Å². The number of aromatic nitrogens is 1. The Morgan fingerprint density at radius 2 is 2.00 bits per heavy atom. The third-order valence-corrected chi connectivity index (χ3v) is 4.42. The maximum atomic E-state index is 11.9. The van der Waals surface area contributed by atoms with Gasteiger partial charge in [-0.1, -0.05) is 0 Å². The number of benzene rings is 1. The lowest BCUT2D eigenvalue weighted by Gasteiger charge is -2.24. The molecule has 1 saturated heterocycles. The molecule has 0 aliphatic carbocycles. The Hall–Kier alpha value is -3.09. The number of fused-ring (bicyclic) bond motifs is 3. The highest BCUT2D eigenvalue weighted by atomic mass is 16.6. The van der Waals surface area contributed by atoms with Crippen LogP contribution in [0.1, 0.15) is 11.3 Å². The number of hydrogen-bond acceptors (Lipinski definition) is 4.